The molecule has 0 aliphatic heterocycles. The van der Waals surface area contributed by atoms with E-state index in [0.717, 1.165) is 5.56 Å². The molecule has 1 aromatic heterocycles. The van der Waals surface area contributed by atoms with E-state index in [9.17, 15) is 18.0 Å². The summed E-state index contributed by atoms with van der Waals surface area (Å²) >= 11 is 0. The third-order valence-corrected chi connectivity index (χ3v) is 2.86. The maximum atomic E-state index is 12.1. The maximum Gasteiger partial charge on any atom is 0.471 e. The van der Waals surface area contributed by atoms with E-state index < -0.39 is 12.1 Å². The summed E-state index contributed by atoms with van der Waals surface area (Å²) in [4.78, 5) is 18.3. The Balaban J connectivity index is 1.89. The van der Waals surface area contributed by atoms with Crippen molar-refractivity contribution in [3.63, 3.8) is 0 Å². The third kappa shape index (κ3) is 5.00. The van der Waals surface area contributed by atoms with Crippen molar-refractivity contribution in [3.8, 4) is 5.88 Å². The summed E-state index contributed by atoms with van der Waals surface area (Å²) in [6.45, 7) is -0.0659. The second kappa shape index (κ2) is 7.02. The van der Waals surface area contributed by atoms with Crippen molar-refractivity contribution >= 4 is 17.7 Å². The van der Waals surface area contributed by atoms with Crippen molar-refractivity contribution in [3.05, 3.63) is 41.5 Å². The van der Waals surface area contributed by atoms with E-state index >= 15 is 0 Å². The fourth-order valence-corrected chi connectivity index (χ4v) is 1.73. The fourth-order valence-electron chi connectivity index (χ4n) is 1.73. The van der Waals surface area contributed by atoms with Gasteiger partial charge in [0.25, 0.3) is 0 Å². The number of aromatic nitrogens is 2. The zero-order valence-electron chi connectivity index (χ0n) is 12.3. The summed E-state index contributed by atoms with van der Waals surface area (Å²) in [5, 5.41) is 1.79. The van der Waals surface area contributed by atoms with E-state index in [2.05, 4.69) is 9.97 Å². The molecule has 0 saturated carbocycles. The third-order valence-electron chi connectivity index (χ3n) is 2.86. The van der Waals surface area contributed by atoms with E-state index in [1.54, 1.807) is 29.6 Å². The standard InChI is InChI=1S/C14H14F3N5O2/c15-14(16,17)12(23)20-6-8-1-3-9(4-2-8)7-24-11-5-10(18)21-13(19)22-11/h1-5H,6-7H2,(H,20,23)(H4,18,19,21,22). The zero-order valence-corrected chi connectivity index (χ0v) is 12.3. The molecule has 0 saturated heterocycles. The Bertz CT molecular complexity index is 699. The van der Waals surface area contributed by atoms with Crippen LogP contribution in [0.3, 0.4) is 0 Å². The molecule has 0 bridgehead atoms. The first-order chi connectivity index (χ1) is 11.2. The minimum atomic E-state index is -4.89. The molecule has 0 radical (unpaired) electrons. The lowest BCUT2D eigenvalue weighted by Gasteiger charge is -2.09. The van der Waals surface area contributed by atoms with Gasteiger partial charge in [0.15, 0.2) is 0 Å². The Kier molecular flexibility index (Phi) is 5.07. The van der Waals surface area contributed by atoms with Crippen LogP contribution in [-0.2, 0) is 17.9 Å². The topological polar surface area (TPSA) is 116 Å². The molecular weight excluding hydrogens is 327 g/mol. The number of nitrogen functional groups attached to an aromatic ring is 2. The number of nitrogens with two attached hydrogens (primary N) is 2. The smallest absolute Gasteiger partial charge is 0.471 e. The minimum Gasteiger partial charge on any atom is -0.473 e. The van der Waals surface area contributed by atoms with E-state index in [1.807, 2.05) is 0 Å². The van der Waals surface area contributed by atoms with Crippen LogP contribution in [-0.4, -0.2) is 22.1 Å². The number of amides is 1. The number of carbonyl (C=O) groups excluding carboxylic acids is 1. The monoisotopic (exact) mass is 341 g/mol. The zero-order chi connectivity index (χ0) is 17.7. The molecule has 0 unspecified atom stereocenters. The number of hydrogen-bond acceptors (Lipinski definition) is 6. The Labute approximate surface area is 134 Å². The van der Waals surface area contributed by atoms with E-state index in [0.29, 0.717) is 5.56 Å². The number of hydrogen-bond donors (Lipinski definition) is 3. The number of halogens is 3. The van der Waals surface area contributed by atoms with Crippen LogP contribution in [0.5, 0.6) is 5.88 Å². The molecule has 2 rings (SSSR count). The molecule has 0 atom stereocenters. The lowest BCUT2D eigenvalue weighted by atomic mass is 10.1. The highest BCUT2D eigenvalue weighted by Crippen LogP contribution is 2.16. The van der Waals surface area contributed by atoms with Gasteiger partial charge >= 0.3 is 12.1 Å². The first-order valence-corrected chi connectivity index (χ1v) is 6.70. The number of nitrogens with one attached hydrogen (secondary N) is 1. The first-order valence-electron chi connectivity index (χ1n) is 6.70. The summed E-state index contributed by atoms with van der Waals surface area (Å²) < 4.78 is 41.6. The summed E-state index contributed by atoms with van der Waals surface area (Å²) in [5.41, 5.74) is 12.2. The van der Waals surface area contributed by atoms with Gasteiger partial charge in [-0.2, -0.15) is 23.1 Å². The summed E-state index contributed by atoms with van der Waals surface area (Å²) in [6, 6.07) is 7.89. The van der Waals surface area contributed by atoms with Gasteiger partial charge < -0.3 is 21.5 Å². The maximum absolute atomic E-state index is 12.1. The van der Waals surface area contributed by atoms with Crippen LogP contribution in [0.1, 0.15) is 11.1 Å². The predicted molar refractivity (Wildman–Crippen MR) is 79.5 cm³/mol. The molecule has 10 heteroatoms. The number of carbonyl (C=O) groups is 1. The van der Waals surface area contributed by atoms with E-state index in [4.69, 9.17) is 16.2 Å². The molecule has 1 amide bonds. The van der Waals surface area contributed by atoms with E-state index in [1.165, 1.54) is 6.07 Å². The van der Waals surface area contributed by atoms with Gasteiger partial charge in [0.05, 0.1) is 0 Å². The van der Waals surface area contributed by atoms with E-state index in [-0.39, 0.29) is 30.8 Å². The van der Waals surface area contributed by atoms with Crippen molar-refractivity contribution < 1.29 is 22.7 Å². The van der Waals surface area contributed by atoms with Crippen LogP contribution in [0, 0.1) is 0 Å². The Hall–Kier alpha value is -3.04. The Morgan fingerprint density at radius 3 is 2.33 bits per heavy atom. The molecule has 0 aliphatic rings. The highest BCUT2D eigenvalue weighted by Gasteiger charge is 2.38. The first kappa shape index (κ1) is 17.3. The van der Waals surface area contributed by atoms with Crippen molar-refractivity contribution in [2.75, 3.05) is 11.5 Å². The van der Waals surface area contributed by atoms with Crippen LogP contribution in [0.2, 0.25) is 0 Å². The summed E-state index contributed by atoms with van der Waals surface area (Å²) in [5.74, 6) is -1.61. The van der Waals surface area contributed by atoms with Crippen molar-refractivity contribution in [1.29, 1.82) is 0 Å². The SMILES string of the molecule is Nc1cc(OCc2ccc(CNC(=O)C(F)(F)F)cc2)nc(N)n1. The molecule has 24 heavy (non-hydrogen) atoms. The lowest BCUT2D eigenvalue weighted by molar-refractivity contribution is -0.173. The van der Waals surface area contributed by atoms with Crippen LogP contribution >= 0.6 is 0 Å². The predicted octanol–water partition coefficient (Wildman–Crippen LogP) is 1.40. The second-order valence-corrected chi connectivity index (χ2v) is 4.77. The highest BCUT2D eigenvalue weighted by atomic mass is 19.4. The quantitative estimate of drug-likeness (QED) is 0.757. The molecule has 0 spiro atoms. The fraction of sp³-hybridized carbons (Fsp3) is 0.214. The summed E-state index contributed by atoms with van der Waals surface area (Å²) in [6.07, 6.45) is -4.89. The molecule has 1 heterocycles. The number of alkyl halides is 3. The van der Waals surface area contributed by atoms with Crippen LogP contribution in [0.25, 0.3) is 0 Å². The van der Waals surface area contributed by atoms with Crippen molar-refractivity contribution in [2.45, 2.75) is 19.3 Å². The van der Waals surface area contributed by atoms with Crippen LogP contribution < -0.4 is 21.5 Å². The Morgan fingerprint density at radius 1 is 1.12 bits per heavy atom. The van der Waals surface area contributed by atoms with Gasteiger partial charge in [-0.05, 0) is 11.1 Å². The second-order valence-electron chi connectivity index (χ2n) is 4.77. The summed E-state index contributed by atoms with van der Waals surface area (Å²) in [7, 11) is 0. The van der Waals surface area contributed by atoms with Gasteiger partial charge in [0.1, 0.15) is 12.4 Å². The number of ether oxygens (including phenoxy) is 1. The van der Waals surface area contributed by atoms with Crippen LogP contribution in [0.4, 0.5) is 24.9 Å². The van der Waals surface area contributed by atoms with Gasteiger partial charge in [0.2, 0.25) is 11.8 Å². The lowest BCUT2D eigenvalue weighted by Crippen LogP contribution is -2.36. The number of benzene rings is 1. The average Bonchev–Trinajstić information content (AvgIpc) is 2.49. The molecule has 128 valence electrons. The molecule has 2 aromatic rings. The molecule has 5 N–H and O–H groups in total. The molecule has 7 nitrogen and oxygen atoms in total. The number of anilines is 2. The molecule has 0 aliphatic carbocycles. The largest absolute Gasteiger partial charge is 0.473 e. The van der Waals surface area contributed by atoms with Gasteiger partial charge in [-0.25, -0.2) is 0 Å². The minimum absolute atomic E-state index is 0.0132. The van der Waals surface area contributed by atoms with Gasteiger partial charge in [-0.15, -0.1) is 0 Å². The van der Waals surface area contributed by atoms with Gasteiger partial charge in [0, 0.05) is 12.6 Å². The van der Waals surface area contributed by atoms with Gasteiger partial charge in [-0.3, -0.25) is 4.79 Å². The molecular formula is C14H14F3N5O2. The van der Waals surface area contributed by atoms with Crippen molar-refractivity contribution in [1.82, 2.24) is 15.3 Å². The average molecular weight is 341 g/mol. The van der Waals surface area contributed by atoms with Gasteiger partial charge in [-0.1, -0.05) is 24.3 Å². The molecule has 1 aromatic carbocycles. The number of nitrogens with zero attached hydrogens (tertiary/aromatic N) is 2. The highest BCUT2D eigenvalue weighted by molar-refractivity contribution is 5.81. The Morgan fingerprint density at radius 2 is 1.75 bits per heavy atom. The normalized spacial score (nSPS) is 11.1. The molecule has 0 fully saturated rings. The van der Waals surface area contributed by atoms with Crippen LogP contribution in [0.15, 0.2) is 30.3 Å². The van der Waals surface area contributed by atoms with Crippen molar-refractivity contribution in [2.24, 2.45) is 0 Å². The number of rotatable bonds is 5.